The molecule has 0 aliphatic heterocycles. The van der Waals surface area contributed by atoms with E-state index in [1.165, 1.54) is 0 Å². The normalized spacial score (nSPS) is 10.9. The molecule has 4 aromatic rings. The van der Waals surface area contributed by atoms with Crippen molar-refractivity contribution in [2.75, 3.05) is 0 Å². The molecule has 0 fully saturated rings. The van der Waals surface area contributed by atoms with Gasteiger partial charge in [0.2, 0.25) is 0 Å². The summed E-state index contributed by atoms with van der Waals surface area (Å²) in [7, 11) is 0. The zero-order valence-corrected chi connectivity index (χ0v) is 13.8. The highest BCUT2D eigenvalue weighted by molar-refractivity contribution is 6.05. The van der Waals surface area contributed by atoms with Crippen molar-refractivity contribution >= 4 is 16.6 Å². The lowest BCUT2D eigenvalue weighted by atomic mass is 9.84. The van der Waals surface area contributed by atoms with Crippen molar-refractivity contribution in [3.8, 4) is 0 Å². The lowest BCUT2D eigenvalue weighted by Crippen LogP contribution is -2.14. The van der Waals surface area contributed by atoms with E-state index >= 15 is 0 Å². The minimum atomic E-state index is -0.288. The van der Waals surface area contributed by atoms with Gasteiger partial charge in [0.05, 0.1) is 5.92 Å². The Morgan fingerprint density at radius 1 is 0.560 bits per heavy atom. The van der Waals surface area contributed by atoms with Crippen molar-refractivity contribution in [2.24, 2.45) is 0 Å². The Morgan fingerprint density at radius 3 is 1.68 bits per heavy atom. The first-order chi connectivity index (χ1) is 12.3. The van der Waals surface area contributed by atoms with Crippen molar-refractivity contribution in [3.63, 3.8) is 0 Å². The molecule has 120 valence electrons. The van der Waals surface area contributed by atoms with Gasteiger partial charge in [-0.25, -0.2) is 0 Å². The van der Waals surface area contributed by atoms with Crippen LogP contribution in [0.3, 0.4) is 0 Å². The average Bonchev–Trinajstić information content (AvgIpc) is 2.69. The summed E-state index contributed by atoms with van der Waals surface area (Å²) in [4.78, 5) is 13.4. The summed E-state index contributed by atoms with van der Waals surface area (Å²) in [6.07, 6.45) is 0. The smallest absolute Gasteiger partial charge is 0.174 e. The second-order valence-electron chi connectivity index (χ2n) is 6.18. The number of Topliss-reactive ketones (excluding diaryl/α,β-unsaturated/α-hetero) is 1. The molecule has 1 nitrogen and oxygen atoms in total. The molecule has 0 aromatic heterocycles. The van der Waals surface area contributed by atoms with Gasteiger partial charge in [-0.15, -0.1) is 0 Å². The second-order valence-corrected chi connectivity index (χ2v) is 6.18. The molecule has 4 rings (SSSR count). The maximum Gasteiger partial charge on any atom is 0.174 e. The molecule has 0 bridgehead atoms. The van der Waals surface area contributed by atoms with Crippen LogP contribution in [0.5, 0.6) is 0 Å². The van der Waals surface area contributed by atoms with Gasteiger partial charge < -0.3 is 0 Å². The van der Waals surface area contributed by atoms with E-state index in [4.69, 9.17) is 0 Å². The van der Waals surface area contributed by atoms with Gasteiger partial charge in [0.1, 0.15) is 0 Å². The van der Waals surface area contributed by atoms with Crippen LogP contribution in [0, 0.1) is 0 Å². The highest BCUT2D eigenvalue weighted by Gasteiger charge is 2.23. The molecule has 0 N–H and O–H groups in total. The molecule has 4 aromatic carbocycles. The summed E-state index contributed by atoms with van der Waals surface area (Å²) in [6.45, 7) is 0. The third-order valence-electron chi connectivity index (χ3n) is 4.56. The van der Waals surface area contributed by atoms with Gasteiger partial charge in [-0.05, 0) is 28.0 Å². The fraction of sp³-hybridized carbons (Fsp3) is 0.0417. The summed E-state index contributed by atoms with van der Waals surface area (Å²) in [5, 5.41) is 2.24. The predicted molar refractivity (Wildman–Crippen MR) is 103 cm³/mol. The Bertz CT molecular complexity index is 964. The van der Waals surface area contributed by atoms with Crippen molar-refractivity contribution in [1.82, 2.24) is 0 Å². The Hall–Kier alpha value is -3.19. The van der Waals surface area contributed by atoms with Crippen molar-refractivity contribution in [1.29, 1.82) is 0 Å². The first-order valence-corrected chi connectivity index (χ1v) is 8.46. The van der Waals surface area contributed by atoms with Crippen molar-refractivity contribution < 1.29 is 4.79 Å². The molecular formula is C24H18O. The van der Waals surface area contributed by atoms with Gasteiger partial charge in [0.25, 0.3) is 0 Å². The first-order valence-electron chi connectivity index (χ1n) is 8.46. The van der Waals surface area contributed by atoms with E-state index in [-0.39, 0.29) is 11.7 Å². The molecule has 0 radical (unpaired) electrons. The third kappa shape index (κ3) is 3.09. The second kappa shape index (κ2) is 6.74. The van der Waals surface area contributed by atoms with E-state index in [9.17, 15) is 4.79 Å². The van der Waals surface area contributed by atoms with Crippen molar-refractivity contribution in [2.45, 2.75) is 5.92 Å². The largest absolute Gasteiger partial charge is 0.293 e. The number of ketones is 1. The molecule has 0 atom stereocenters. The number of hydrogen-bond donors (Lipinski definition) is 0. The summed E-state index contributed by atoms with van der Waals surface area (Å²) in [5.74, 6) is -0.160. The van der Waals surface area contributed by atoms with Crippen LogP contribution in [0.15, 0.2) is 103 Å². The van der Waals surface area contributed by atoms with Gasteiger partial charge in [-0.2, -0.15) is 0 Å². The minimum absolute atomic E-state index is 0.128. The van der Waals surface area contributed by atoms with Crippen LogP contribution in [0.4, 0.5) is 0 Å². The van der Waals surface area contributed by atoms with Crippen LogP contribution < -0.4 is 0 Å². The summed E-state index contributed by atoms with van der Waals surface area (Å²) >= 11 is 0. The standard InChI is InChI=1S/C24H18O/c25-24(22-16-15-18-9-7-8-14-21(18)17-22)23(19-10-3-1-4-11-19)20-12-5-2-6-13-20/h1-17,23H. The van der Waals surface area contributed by atoms with Gasteiger partial charge in [-0.1, -0.05) is 97.1 Å². The number of carbonyl (C=O) groups is 1. The molecule has 0 heterocycles. The summed E-state index contributed by atoms with van der Waals surface area (Å²) in [5.41, 5.74) is 2.79. The maximum absolute atomic E-state index is 13.4. The molecule has 0 saturated heterocycles. The van der Waals surface area contributed by atoms with Crippen LogP contribution in [-0.2, 0) is 0 Å². The molecule has 25 heavy (non-hydrogen) atoms. The number of benzene rings is 4. The SMILES string of the molecule is O=C(c1ccc2ccccc2c1)C(c1ccccc1)c1ccccc1. The molecule has 0 saturated carbocycles. The van der Waals surface area contributed by atoms with Crippen LogP contribution in [0.1, 0.15) is 27.4 Å². The highest BCUT2D eigenvalue weighted by Crippen LogP contribution is 2.29. The van der Waals surface area contributed by atoms with E-state index in [0.717, 1.165) is 27.5 Å². The Morgan fingerprint density at radius 2 is 1.08 bits per heavy atom. The number of hydrogen-bond acceptors (Lipinski definition) is 1. The van der Waals surface area contributed by atoms with Crippen molar-refractivity contribution in [3.05, 3.63) is 120 Å². The van der Waals surface area contributed by atoms with E-state index < -0.39 is 0 Å². The first kappa shape index (κ1) is 15.3. The van der Waals surface area contributed by atoms with E-state index in [0.29, 0.717) is 0 Å². The Kier molecular flexibility index (Phi) is 4.14. The third-order valence-corrected chi connectivity index (χ3v) is 4.56. The number of rotatable bonds is 4. The van der Waals surface area contributed by atoms with Crippen LogP contribution >= 0.6 is 0 Å². The number of carbonyl (C=O) groups excluding carboxylic acids is 1. The fourth-order valence-corrected chi connectivity index (χ4v) is 3.30. The van der Waals surface area contributed by atoms with Crippen LogP contribution in [-0.4, -0.2) is 5.78 Å². The summed E-state index contributed by atoms with van der Waals surface area (Å²) < 4.78 is 0. The average molecular weight is 322 g/mol. The molecular weight excluding hydrogens is 304 g/mol. The summed E-state index contributed by atoms with van der Waals surface area (Å²) in [6, 6.07) is 34.1. The van der Waals surface area contributed by atoms with E-state index in [2.05, 4.69) is 6.07 Å². The zero-order valence-electron chi connectivity index (χ0n) is 13.8. The molecule has 0 aliphatic rings. The maximum atomic E-state index is 13.4. The zero-order chi connectivity index (χ0) is 17.1. The topological polar surface area (TPSA) is 17.1 Å². The van der Waals surface area contributed by atoms with Gasteiger partial charge in [0, 0.05) is 5.56 Å². The molecule has 0 spiro atoms. The van der Waals surface area contributed by atoms with Gasteiger partial charge in [-0.3, -0.25) is 4.79 Å². The molecule has 1 heteroatoms. The quantitative estimate of drug-likeness (QED) is 0.430. The number of fused-ring (bicyclic) bond motifs is 1. The van der Waals surface area contributed by atoms with E-state index in [1.54, 1.807) is 0 Å². The molecule has 0 amide bonds. The monoisotopic (exact) mass is 322 g/mol. The Labute approximate surface area is 147 Å². The van der Waals surface area contributed by atoms with E-state index in [1.807, 2.05) is 97.1 Å². The fourth-order valence-electron chi connectivity index (χ4n) is 3.30. The Balaban J connectivity index is 1.82. The predicted octanol–water partition coefficient (Wildman–Crippen LogP) is 5.85. The lowest BCUT2D eigenvalue weighted by molar-refractivity contribution is 0.0974. The van der Waals surface area contributed by atoms with Crippen LogP contribution in [0.2, 0.25) is 0 Å². The molecule has 0 unspecified atom stereocenters. The van der Waals surface area contributed by atoms with Crippen LogP contribution in [0.25, 0.3) is 10.8 Å². The lowest BCUT2D eigenvalue weighted by Gasteiger charge is -2.17. The van der Waals surface area contributed by atoms with Gasteiger partial charge >= 0.3 is 0 Å². The van der Waals surface area contributed by atoms with Gasteiger partial charge in [0.15, 0.2) is 5.78 Å². The molecule has 0 aliphatic carbocycles. The minimum Gasteiger partial charge on any atom is -0.293 e. The highest BCUT2D eigenvalue weighted by atomic mass is 16.1.